The number of benzene rings is 1. The number of aromatic nitrogens is 2. The smallest absolute Gasteiger partial charge is 0.244 e. The van der Waals surface area contributed by atoms with Gasteiger partial charge in [-0.2, -0.15) is 4.31 Å². The minimum absolute atomic E-state index is 0.136. The van der Waals surface area contributed by atoms with Crippen LogP contribution in [0.25, 0.3) is 11.3 Å². The number of carbonyl (C=O) groups is 1. The van der Waals surface area contributed by atoms with E-state index in [2.05, 4.69) is 15.3 Å². The van der Waals surface area contributed by atoms with Crippen molar-refractivity contribution in [2.45, 2.75) is 22.1 Å². The van der Waals surface area contributed by atoms with Crippen LogP contribution in [0.4, 0.5) is 5.13 Å². The van der Waals surface area contributed by atoms with Gasteiger partial charge in [0.25, 0.3) is 0 Å². The van der Waals surface area contributed by atoms with Gasteiger partial charge in [0.05, 0.1) is 29.2 Å². The molecule has 168 valence electrons. The zero-order valence-corrected chi connectivity index (χ0v) is 19.8. The Morgan fingerprint density at radius 1 is 1.19 bits per heavy atom. The molecule has 32 heavy (non-hydrogen) atoms. The summed E-state index contributed by atoms with van der Waals surface area (Å²) in [5.41, 5.74) is 1.80. The normalized spacial score (nSPS) is 15.9. The maximum Gasteiger partial charge on any atom is 0.244 e. The molecule has 4 rings (SSSR count). The average molecular weight is 491 g/mol. The molecule has 11 heteroatoms. The molecular formula is C21H22N4O4S3. The van der Waals surface area contributed by atoms with E-state index < -0.39 is 15.3 Å². The number of hydrogen-bond donors (Lipinski definition) is 1. The molecule has 0 bridgehead atoms. The van der Waals surface area contributed by atoms with Crippen molar-refractivity contribution < 1.29 is 17.9 Å². The van der Waals surface area contributed by atoms with Crippen LogP contribution >= 0.6 is 23.1 Å². The van der Waals surface area contributed by atoms with Gasteiger partial charge < -0.3 is 10.1 Å². The predicted octanol–water partition coefficient (Wildman–Crippen LogP) is 3.35. The van der Waals surface area contributed by atoms with Gasteiger partial charge in [-0.25, -0.2) is 18.4 Å². The van der Waals surface area contributed by atoms with Crippen LogP contribution in [0.15, 0.2) is 64.0 Å². The minimum atomic E-state index is -3.59. The summed E-state index contributed by atoms with van der Waals surface area (Å²) in [6.07, 6.45) is 1.34. The number of sulfonamides is 1. The number of ether oxygens (including phenoxy) is 1. The number of anilines is 1. The van der Waals surface area contributed by atoms with Gasteiger partial charge in [0.1, 0.15) is 4.90 Å². The van der Waals surface area contributed by atoms with Crippen LogP contribution in [0.2, 0.25) is 0 Å². The number of rotatable bonds is 7. The number of carbonyl (C=O) groups excluding carboxylic acids is 1. The van der Waals surface area contributed by atoms with Crippen LogP contribution in [0, 0.1) is 0 Å². The summed E-state index contributed by atoms with van der Waals surface area (Å²) in [4.78, 5) is 21.4. The number of thiazole rings is 1. The molecule has 1 aliphatic heterocycles. The van der Waals surface area contributed by atoms with E-state index in [9.17, 15) is 13.2 Å². The third kappa shape index (κ3) is 5.36. The molecule has 1 aromatic carbocycles. The second-order valence-electron chi connectivity index (χ2n) is 7.00. The number of nitrogens with zero attached hydrogens (tertiary/aromatic N) is 3. The van der Waals surface area contributed by atoms with E-state index in [0.717, 1.165) is 11.3 Å². The van der Waals surface area contributed by atoms with E-state index in [4.69, 9.17) is 4.74 Å². The Balaban J connectivity index is 1.36. The fraction of sp³-hybridized carbons (Fsp3) is 0.286. The highest BCUT2D eigenvalue weighted by atomic mass is 32.2. The lowest BCUT2D eigenvalue weighted by molar-refractivity contribution is -0.115. The number of hydrogen-bond acceptors (Lipinski definition) is 8. The topological polar surface area (TPSA) is 101 Å². The van der Waals surface area contributed by atoms with Gasteiger partial charge in [-0.3, -0.25) is 4.79 Å². The van der Waals surface area contributed by atoms with Crippen LogP contribution in [-0.4, -0.2) is 60.2 Å². The Kier molecular flexibility index (Phi) is 7.21. The largest absolute Gasteiger partial charge is 0.379 e. The Hall–Kier alpha value is -2.31. The molecule has 0 aliphatic carbocycles. The Morgan fingerprint density at radius 3 is 2.62 bits per heavy atom. The van der Waals surface area contributed by atoms with Gasteiger partial charge in [0, 0.05) is 30.2 Å². The molecule has 1 fully saturated rings. The lowest BCUT2D eigenvalue weighted by Crippen LogP contribution is -2.40. The summed E-state index contributed by atoms with van der Waals surface area (Å²) in [7, 11) is -3.59. The predicted molar refractivity (Wildman–Crippen MR) is 125 cm³/mol. The van der Waals surface area contributed by atoms with Gasteiger partial charge in [-0.15, -0.1) is 11.3 Å². The molecule has 1 amide bonds. The zero-order chi connectivity index (χ0) is 22.6. The fourth-order valence-corrected chi connectivity index (χ4v) is 5.90. The molecule has 0 radical (unpaired) electrons. The van der Waals surface area contributed by atoms with Gasteiger partial charge in [-0.1, -0.05) is 42.1 Å². The zero-order valence-electron chi connectivity index (χ0n) is 17.3. The Morgan fingerprint density at radius 2 is 1.94 bits per heavy atom. The number of pyridine rings is 1. The van der Waals surface area contributed by atoms with Crippen LogP contribution in [0.1, 0.15) is 6.92 Å². The highest BCUT2D eigenvalue weighted by Crippen LogP contribution is 2.27. The average Bonchev–Trinajstić information content (AvgIpc) is 3.29. The maximum absolute atomic E-state index is 12.7. The molecule has 0 saturated carbocycles. The molecule has 8 nitrogen and oxygen atoms in total. The standard InChI is InChI=1S/C21H22N4O4S3/c1-15(20(26)24-21-23-18(14-30-21)16-5-3-2-4-6-16)31-19-8-7-17(13-22-19)32(27,28)25-9-11-29-12-10-25/h2-8,13-15H,9-12H2,1H3,(H,23,24,26). The monoisotopic (exact) mass is 490 g/mol. The molecule has 1 N–H and O–H groups in total. The Bertz CT molecular complexity index is 1160. The summed E-state index contributed by atoms with van der Waals surface area (Å²) in [5, 5.41) is 5.40. The molecule has 1 unspecified atom stereocenters. The fourth-order valence-electron chi connectivity index (χ4n) is 3.04. The van der Waals surface area contributed by atoms with Crippen LogP contribution < -0.4 is 5.32 Å². The summed E-state index contributed by atoms with van der Waals surface area (Å²) >= 11 is 2.62. The first kappa shape index (κ1) is 22.9. The number of amides is 1. The first-order valence-electron chi connectivity index (χ1n) is 9.96. The van der Waals surface area contributed by atoms with Gasteiger partial charge >= 0.3 is 0 Å². The Labute approximate surface area is 195 Å². The number of nitrogens with one attached hydrogen (secondary N) is 1. The molecule has 3 aromatic rings. The van der Waals surface area contributed by atoms with Crippen molar-refractivity contribution >= 4 is 44.2 Å². The van der Waals surface area contributed by atoms with Gasteiger partial charge in [-0.05, 0) is 19.1 Å². The van der Waals surface area contributed by atoms with E-state index >= 15 is 0 Å². The number of morpholine rings is 1. The van der Waals surface area contributed by atoms with Crippen molar-refractivity contribution in [1.82, 2.24) is 14.3 Å². The minimum Gasteiger partial charge on any atom is -0.379 e. The van der Waals surface area contributed by atoms with Crippen molar-refractivity contribution in [1.29, 1.82) is 0 Å². The first-order valence-corrected chi connectivity index (χ1v) is 13.2. The third-order valence-corrected chi connectivity index (χ3v) is 8.48. The maximum atomic E-state index is 12.7. The molecule has 1 aliphatic rings. The SMILES string of the molecule is CC(Sc1ccc(S(=O)(=O)N2CCOCC2)cn1)C(=O)Nc1nc(-c2ccccc2)cs1. The van der Waals surface area contributed by atoms with Crippen molar-refractivity contribution in [3.63, 3.8) is 0 Å². The molecule has 0 spiro atoms. The summed E-state index contributed by atoms with van der Waals surface area (Å²) in [6.45, 7) is 3.21. The summed E-state index contributed by atoms with van der Waals surface area (Å²) in [5.74, 6) is -0.198. The van der Waals surface area contributed by atoms with E-state index in [1.54, 1.807) is 13.0 Å². The molecule has 3 heterocycles. The highest BCUT2D eigenvalue weighted by molar-refractivity contribution is 8.00. The van der Waals surface area contributed by atoms with E-state index in [0.29, 0.717) is 36.5 Å². The summed E-state index contributed by atoms with van der Waals surface area (Å²) < 4.78 is 32.0. The quantitative estimate of drug-likeness (QED) is 0.507. The van der Waals surface area contributed by atoms with Gasteiger partial charge in [0.15, 0.2) is 5.13 Å². The van der Waals surface area contributed by atoms with Crippen molar-refractivity contribution in [3.8, 4) is 11.3 Å². The first-order chi connectivity index (χ1) is 15.4. The lowest BCUT2D eigenvalue weighted by Gasteiger charge is -2.25. The second-order valence-corrected chi connectivity index (χ2v) is 11.2. The van der Waals surface area contributed by atoms with Gasteiger partial charge in [0.2, 0.25) is 15.9 Å². The van der Waals surface area contributed by atoms with E-state index in [1.165, 1.54) is 39.7 Å². The molecule has 2 aromatic heterocycles. The third-order valence-electron chi connectivity index (χ3n) is 4.79. The van der Waals surface area contributed by atoms with Crippen molar-refractivity contribution in [2.75, 3.05) is 31.6 Å². The van der Waals surface area contributed by atoms with Crippen LogP contribution in [0.5, 0.6) is 0 Å². The second kappa shape index (κ2) is 10.1. The number of thioether (sulfide) groups is 1. The van der Waals surface area contributed by atoms with Crippen LogP contribution in [0.3, 0.4) is 0 Å². The summed E-state index contributed by atoms with van der Waals surface area (Å²) in [6, 6.07) is 12.9. The molecular weight excluding hydrogens is 468 g/mol. The molecule has 1 atom stereocenters. The van der Waals surface area contributed by atoms with E-state index in [-0.39, 0.29) is 10.8 Å². The van der Waals surface area contributed by atoms with Crippen LogP contribution in [-0.2, 0) is 19.6 Å². The van der Waals surface area contributed by atoms with Crippen molar-refractivity contribution in [3.05, 3.63) is 54.0 Å². The molecule has 1 saturated heterocycles. The van der Waals surface area contributed by atoms with E-state index in [1.807, 2.05) is 35.7 Å². The lowest BCUT2D eigenvalue weighted by atomic mass is 10.2. The van der Waals surface area contributed by atoms with Crippen molar-refractivity contribution in [2.24, 2.45) is 0 Å². The highest BCUT2D eigenvalue weighted by Gasteiger charge is 2.26.